The summed E-state index contributed by atoms with van der Waals surface area (Å²) in [6.45, 7) is 1.00. The molecule has 20 heavy (non-hydrogen) atoms. The van der Waals surface area contributed by atoms with Crippen molar-refractivity contribution < 1.29 is 0 Å². The number of hydrogen-bond donors (Lipinski definition) is 1. The zero-order valence-electron chi connectivity index (χ0n) is 12.1. The van der Waals surface area contributed by atoms with Crippen LogP contribution in [0.25, 0.3) is 0 Å². The van der Waals surface area contributed by atoms with Crippen LogP contribution in [0.15, 0.2) is 35.3 Å². The third kappa shape index (κ3) is 3.78. The van der Waals surface area contributed by atoms with E-state index in [9.17, 15) is 0 Å². The predicted octanol–water partition coefficient (Wildman–Crippen LogP) is 4.39. The van der Waals surface area contributed by atoms with Gasteiger partial charge in [0, 0.05) is 12.3 Å². The Morgan fingerprint density at radius 2 is 1.90 bits per heavy atom. The van der Waals surface area contributed by atoms with Crippen molar-refractivity contribution >= 4 is 16.9 Å². The van der Waals surface area contributed by atoms with Crippen LogP contribution in [0.3, 0.4) is 0 Å². The Kier molecular flexibility index (Phi) is 5.01. The Labute approximate surface area is 126 Å². The van der Waals surface area contributed by atoms with Crippen LogP contribution >= 0.6 is 11.8 Å². The highest BCUT2D eigenvalue weighted by molar-refractivity contribution is 8.14. The van der Waals surface area contributed by atoms with Crippen LogP contribution < -0.4 is 5.32 Å². The summed E-state index contributed by atoms with van der Waals surface area (Å²) in [5.41, 5.74) is 1.37. The van der Waals surface area contributed by atoms with Gasteiger partial charge in [0.25, 0.3) is 0 Å². The second-order valence-corrected chi connectivity index (χ2v) is 6.91. The lowest BCUT2D eigenvalue weighted by Gasteiger charge is -2.20. The van der Waals surface area contributed by atoms with Gasteiger partial charge < -0.3 is 5.32 Å². The quantitative estimate of drug-likeness (QED) is 0.888. The van der Waals surface area contributed by atoms with Crippen LogP contribution in [-0.2, 0) is 0 Å². The molecular formula is C17H24N2S. The lowest BCUT2D eigenvalue weighted by Crippen LogP contribution is -2.19. The first-order chi connectivity index (χ1) is 9.92. The Balaban J connectivity index is 1.46. The maximum Gasteiger partial charge on any atom is 0.157 e. The lowest BCUT2D eigenvalue weighted by atomic mass is 9.87. The van der Waals surface area contributed by atoms with E-state index in [2.05, 4.69) is 35.6 Å². The molecule has 0 spiro atoms. The molecule has 1 saturated heterocycles. The molecule has 1 N–H and O–H groups in total. The molecule has 1 aromatic carbocycles. The van der Waals surface area contributed by atoms with Gasteiger partial charge in [-0.1, -0.05) is 74.2 Å². The summed E-state index contributed by atoms with van der Waals surface area (Å²) in [7, 11) is 0. The second-order valence-electron chi connectivity index (χ2n) is 5.90. The molecule has 0 bridgehead atoms. The first kappa shape index (κ1) is 14.0. The fourth-order valence-corrected chi connectivity index (χ4v) is 4.18. The van der Waals surface area contributed by atoms with Crippen molar-refractivity contribution in [3.8, 4) is 0 Å². The van der Waals surface area contributed by atoms with Gasteiger partial charge in [-0.15, -0.1) is 0 Å². The molecule has 3 heteroatoms. The highest BCUT2D eigenvalue weighted by atomic mass is 32.2. The third-order valence-electron chi connectivity index (χ3n) is 4.40. The van der Waals surface area contributed by atoms with Crippen molar-refractivity contribution in [1.82, 2.24) is 5.32 Å². The molecule has 1 aromatic rings. The Morgan fingerprint density at radius 3 is 2.70 bits per heavy atom. The van der Waals surface area contributed by atoms with Crippen molar-refractivity contribution in [2.24, 2.45) is 10.9 Å². The second kappa shape index (κ2) is 7.16. The zero-order valence-corrected chi connectivity index (χ0v) is 12.9. The molecule has 1 unspecified atom stereocenters. The zero-order chi connectivity index (χ0) is 13.6. The summed E-state index contributed by atoms with van der Waals surface area (Å²) in [5.74, 6) is 2.04. The van der Waals surface area contributed by atoms with E-state index in [1.807, 2.05) is 11.8 Å². The number of thioether (sulfide) groups is 1. The maximum absolute atomic E-state index is 4.76. The highest BCUT2D eigenvalue weighted by Gasteiger charge is 2.21. The summed E-state index contributed by atoms with van der Waals surface area (Å²) >= 11 is 1.87. The predicted molar refractivity (Wildman–Crippen MR) is 88.3 cm³/mol. The van der Waals surface area contributed by atoms with Gasteiger partial charge in [-0.2, -0.15) is 0 Å². The minimum Gasteiger partial charge on any atom is -0.357 e. The first-order valence-corrected chi connectivity index (χ1v) is 8.89. The Hall–Kier alpha value is -0.960. The molecule has 1 aliphatic heterocycles. The molecule has 2 fully saturated rings. The molecule has 1 heterocycles. The van der Waals surface area contributed by atoms with Gasteiger partial charge in [-0.25, -0.2) is 0 Å². The SMILES string of the molecule is c1ccc(C2CSC(=NCCC3CCCCC3)N2)cc1. The van der Waals surface area contributed by atoms with Gasteiger partial charge in [0.15, 0.2) is 5.17 Å². The summed E-state index contributed by atoms with van der Waals surface area (Å²) in [4.78, 5) is 4.76. The molecule has 0 amide bonds. The fourth-order valence-electron chi connectivity index (χ4n) is 3.18. The van der Waals surface area contributed by atoms with Crippen molar-refractivity contribution in [1.29, 1.82) is 0 Å². The van der Waals surface area contributed by atoms with Crippen LogP contribution in [0.2, 0.25) is 0 Å². The summed E-state index contributed by atoms with van der Waals surface area (Å²) in [5, 5.41) is 4.71. The van der Waals surface area contributed by atoms with E-state index in [0.717, 1.165) is 23.4 Å². The molecule has 1 saturated carbocycles. The van der Waals surface area contributed by atoms with E-state index < -0.39 is 0 Å². The number of hydrogen-bond acceptors (Lipinski definition) is 2. The number of nitrogens with zero attached hydrogens (tertiary/aromatic N) is 1. The standard InChI is InChI=1S/C17H24N2S/c1-3-7-14(8-4-1)11-12-18-17-19-16(13-20-17)15-9-5-2-6-10-15/h2,5-6,9-10,14,16H,1,3-4,7-8,11-13H2,(H,18,19). The van der Waals surface area contributed by atoms with E-state index in [1.54, 1.807) is 0 Å². The fraction of sp³-hybridized carbons (Fsp3) is 0.588. The summed E-state index contributed by atoms with van der Waals surface area (Å²) in [6.07, 6.45) is 8.45. The molecule has 3 rings (SSSR count). The number of aliphatic imine (C=N–C) groups is 1. The van der Waals surface area contributed by atoms with Crippen LogP contribution in [0.4, 0.5) is 0 Å². The number of amidine groups is 1. The van der Waals surface area contributed by atoms with Crippen LogP contribution in [0.1, 0.15) is 50.1 Å². The molecule has 0 radical (unpaired) electrons. The van der Waals surface area contributed by atoms with Crippen molar-refractivity contribution in [2.75, 3.05) is 12.3 Å². The Bertz CT molecular complexity index is 438. The molecule has 2 nitrogen and oxygen atoms in total. The molecule has 1 aliphatic carbocycles. The smallest absolute Gasteiger partial charge is 0.157 e. The van der Waals surface area contributed by atoms with Gasteiger partial charge in [-0.3, -0.25) is 4.99 Å². The van der Waals surface area contributed by atoms with Gasteiger partial charge in [0.05, 0.1) is 6.04 Å². The van der Waals surface area contributed by atoms with E-state index in [0.29, 0.717) is 6.04 Å². The molecule has 2 aliphatic rings. The van der Waals surface area contributed by atoms with E-state index in [4.69, 9.17) is 4.99 Å². The van der Waals surface area contributed by atoms with Gasteiger partial charge in [0.1, 0.15) is 0 Å². The van der Waals surface area contributed by atoms with E-state index in [-0.39, 0.29) is 0 Å². The summed E-state index contributed by atoms with van der Waals surface area (Å²) in [6, 6.07) is 11.1. The van der Waals surface area contributed by atoms with Crippen molar-refractivity contribution in [3.63, 3.8) is 0 Å². The largest absolute Gasteiger partial charge is 0.357 e. The van der Waals surface area contributed by atoms with Crippen LogP contribution in [0, 0.1) is 5.92 Å². The first-order valence-electron chi connectivity index (χ1n) is 7.90. The average Bonchev–Trinajstić information content (AvgIpc) is 2.98. The van der Waals surface area contributed by atoms with Crippen molar-refractivity contribution in [2.45, 2.75) is 44.6 Å². The van der Waals surface area contributed by atoms with E-state index >= 15 is 0 Å². The molecule has 0 aromatic heterocycles. The average molecular weight is 288 g/mol. The van der Waals surface area contributed by atoms with Crippen LogP contribution in [-0.4, -0.2) is 17.5 Å². The van der Waals surface area contributed by atoms with E-state index in [1.165, 1.54) is 44.1 Å². The van der Waals surface area contributed by atoms with Gasteiger partial charge in [-0.05, 0) is 17.9 Å². The molecule has 108 valence electrons. The monoisotopic (exact) mass is 288 g/mol. The van der Waals surface area contributed by atoms with Gasteiger partial charge >= 0.3 is 0 Å². The van der Waals surface area contributed by atoms with Crippen molar-refractivity contribution in [3.05, 3.63) is 35.9 Å². The summed E-state index contributed by atoms with van der Waals surface area (Å²) < 4.78 is 0. The highest BCUT2D eigenvalue weighted by Crippen LogP contribution is 2.28. The number of nitrogens with one attached hydrogen (secondary N) is 1. The minimum absolute atomic E-state index is 0.439. The van der Waals surface area contributed by atoms with Gasteiger partial charge in [0.2, 0.25) is 0 Å². The lowest BCUT2D eigenvalue weighted by molar-refractivity contribution is 0.343. The minimum atomic E-state index is 0.439. The molecule has 1 atom stereocenters. The maximum atomic E-state index is 4.76. The van der Waals surface area contributed by atoms with Crippen LogP contribution in [0.5, 0.6) is 0 Å². The molecular weight excluding hydrogens is 264 g/mol. The number of benzene rings is 1. The topological polar surface area (TPSA) is 24.4 Å². The number of rotatable bonds is 4. The third-order valence-corrected chi connectivity index (χ3v) is 5.42. The Morgan fingerprint density at radius 1 is 1.10 bits per heavy atom. The normalized spacial score (nSPS) is 25.8.